The van der Waals surface area contributed by atoms with E-state index in [1.807, 2.05) is 20.0 Å². The molecule has 1 N–H and O–H groups in total. The molecular formula is C9H14N2O. The van der Waals surface area contributed by atoms with Crippen LogP contribution >= 0.6 is 0 Å². The minimum atomic E-state index is 0.696. The first-order valence-electron chi connectivity index (χ1n) is 4.02. The van der Waals surface area contributed by atoms with E-state index in [1.165, 1.54) is 0 Å². The Morgan fingerprint density at radius 2 is 2.42 bits per heavy atom. The van der Waals surface area contributed by atoms with Crippen LogP contribution < -0.4 is 10.1 Å². The normalized spacial score (nSPS) is 9.83. The molecule has 1 aromatic heterocycles. The van der Waals surface area contributed by atoms with E-state index in [-0.39, 0.29) is 0 Å². The topological polar surface area (TPSA) is 34.1 Å². The maximum atomic E-state index is 5.47. The molecule has 0 atom stereocenters. The highest BCUT2D eigenvalue weighted by Gasteiger charge is 1.96. The number of ether oxygens (including phenoxy) is 1. The van der Waals surface area contributed by atoms with E-state index >= 15 is 0 Å². The number of hydrogen-bond acceptors (Lipinski definition) is 3. The zero-order chi connectivity index (χ0) is 8.81. The zero-order valence-corrected chi connectivity index (χ0v) is 7.50. The Morgan fingerprint density at radius 3 is 3.08 bits per heavy atom. The Kier molecular flexibility index (Phi) is 3.54. The summed E-state index contributed by atoms with van der Waals surface area (Å²) in [6.07, 6.45) is 3.54. The first-order chi connectivity index (χ1) is 5.84. The largest absolute Gasteiger partial charge is 0.492 e. The van der Waals surface area contributed by atoms with E-state index in [2.05, 4.69) is 10.3 Å². The van der Waals surface area contributed by atoms with Gasteiger partial charge in [-0.2, -0.15) is 0 Å². The fraction of sp³-hybridized carbons (Fsp3) is 0.444. The van der Waals surface area contributed by atoms with Crippen LogP contribution in [0.1, 0.15) is 5.56 Å². The van der Waals surface area contributed by atoms with Crippen molar-refractivity contribution in [2.75, 3.05) is 20.2 Å². The average molecular weight is 166 g/mol. The Hall–Kier alpha value is -1.09. The predicted molar refractivity (Wildman–Crippen MR) is 48.4 cm³/mol. The Morgan fingerprint density at radius 1 is 1.58 bits per heavy atom. The van der Waals surface area contributed by atoms with Crippen LogP contribution in [0.5, 0.6) is 5.75 Å². The molecule has 3 heteroatoms. The number of pyridine rings is 1. The van der Waals surface area contributed by atoms with Gasteiger partial charge in [-0.3, -0.25) is 4.98 Å². The summed E-state index contributed by atoms with van der Waals surface area (Å²) < 4.78 is 5.47. The number of hydrogen-bond donors (Lipinski definition) is 1. The molecule has 0 aromatic carbocycles. The van der Waals surface area contributed by atoms with Crippen LogP contribution in [0.25, 0.3) is 0 Å². The van der Waals surface area contributed by atoms with Gasteiger partial charge in [-0.05, 0) is 20.0 Å². The predicted octanol–water partition coefficient (Wildman–Crippen LogP) is 0.988. The van der Waals surface area contributed by atoms with Crippen molar-refractivity contribution in [2.45, 2.75) is 6.92 Å². The lowest BCUT2D eigenvalue weighted by Gasteiger charge is -2.07. The van der Waals surface area contributed by atoms with E-state index in [4.69, 9.17) is 4.74 Å². The molecule has 0 fully saturated rings. The van der Waals surface area contributed by atoms with E-state index in [0.29, 0.717) is 6.61 Å². The first-order valence-corrected chi connectivity index (χ1v) is 4.02. The van der Waals surface area contributed by atoms with Crippen LogP contribution in [0.4, 0.5) is 0 Å². The minimum Gasteiger partial charge on any atom is -0.492 e. The van der Waals surface area contributed by atoms with Crippen LogP contribution in [0, 0.1) is 6.92 Å². The Balaban J connectivity index is 2.46. The summed E-state index contributed by atoms with van der Waals surface area (Å²) in [5.74, 6) is 0.917. The number of nitrogens with one attached hydrogen (secondary N) is 1. The van der Waals surface area contributed by atoms with Gasteiger partial charge in [-0.1, -0.05) is 0 Å². The summed E-state index contributed by atoms with van der Waals surface area (Å²) in [5, 5.41) is 3.02. The maximum Gasteiger partial charge on any atom is 0.125 e. The van der Waals surface area contributed by atoms with Gasteiger partial charge < -0.3 is 10.1 Å². The lowest BCUT2D eigenvalue weighted by Crippen LogP contribution is -2.16. The third-order valence-corrected chi connectivity index (χ3v) is 1.58. The van der Waals surface area contributed by atoms with E-state index in [1.54, 1.807) is 12.4 Å². The number of rotatable bonds is 4. The molecule has 12 heavy (non-hydrogen) atoms. The fourth-order valence-corrected chi connectivity index (χ4v) is 0.886. The average Bonchev–Trinajstić information content (AvgIpc) is 2.09. The standard InChI is InChI=1S/C9H14N2O/c1-8-7-11-4-3-9(8)12-6-5-10-2/h3-4,7,10H,5-6H2,1-2H3. The molecule has 0 spiro atoms. The summed E-state index contributed by atoms with van der Waals surface area (Å²) in [6, 6.07) is 1.88. The summed E-state index contributed by atoms with van der Waals surface area (Å²) >= 11 is 0. The number of aryl methyl sites for hydroxylation is 1. The second-order valence-corrected chi connectivity index (χ2v) is 2.59. The molecule has 0 saturated carbocycles. The summed E-state index contributed by atoms with van der Waals surface area (Å²) in [4.78, 5) is 3.98. The lowest BCUT2D eigenvalue weighted by molar-refractivity contribution is 0.316. The quantitative estimate of drug-likeness (QED) is 0.677. The molecule has 1 aromatic rings. The molecule has 0 saturated heterocycles. The van der Waals surface area contributed by atoms with Gasteiger partial charge in [0.1, 0.15) is 12.4 Å². The van der Waals surface area contributed by atoms with Crippen molar-refractivity contribution in [3.8, 4) is 5.75 Å². The second kappa shape index (κ2) is 4.72. The van der Waals surface area contributed by atoms with Crippen molar-refractivity contribution < 1.29 is 4.74 Å². The van der Waals surface area contributed by atoms with Crippen molar-refractivity contribution in [3.05, 3.63) is 24.0 Å². The molecule has 1 rings (SSSR count). The van der Waals surface area contributed by atoms with Gasteiger partial charge in [0, 0.05) is 24.5 Å². The van der Waals surface area contributed by atoms with Crippen molar-refractivity contribution in [2.24, 2.45) is 0 Å². The monoisotopic (exact) mass is 166 g/mol. The molecule has 1 heterocycles. The highest BCUT2D eigenvalue weighted by Crippen LogP contribution is 2.13. The van der Waals surface area contributed by atoms with Crippen LogP contribution in [0.15, 0.2) is 18.5 Å². The third kappa shape index (κ3) is 2.51. The fourth-order valence-electron chi connectivity index (χ4n) is 0.886. The van der Waals surface area contributed by atoms with E-state index in [9.17, 15) is 0 Å². The first kappa shape index (κ1) is 9.00. The van der Waals surface area contributed by atoms with Crippen molar-refractivity contribution in [1.82, 2.24) is 10.3 Å². The molecule has 0 aliphatic rings. The number of aromatic nitrogens is 1. The molecule has 0 unspecified atom stereocenters. The summed E-state index contributed by atoms with van der Waals surface area (Å²) in [6.45, 7) is 3.55. The summed E-state index contributed by atoms with van der Waals surface area (Å²) in [7, 11) is 1.91. The van der Waals surface area contributed by atoms with Crippen LogP contribution in [-0.4, -0.2) is 25.2 Å². The van der Waals surface area contributed by atoms with E-state index in [0.717, 1.165) is 17.9 Å². The van der Waals surface area contributed by atoms with Gasteiger partial charge in [0.2, 0.25) is 0 Å². The highest BCUT2D eigenvalue weighted by molar-refractivity contribution is 5.28. The van der Waals surface area contributed by atoms with Crippen LogP contribution in [-0.2, 0) is 0 Å². The Bertz CT molecular complexity index is 238. The third-order valence-electron chi connectivity index (χ3n) is 1.58. The van der Waals surface area contributed by atoms with Gasteiger partial charge in [0.25, 0.3) is 0 Å². The number of likely N-dealkylation sites (N-methyl/N-ethyl adjacent to an activating group) is 1. The molecule has 0 aliphatic carbocycles. The van der Waals surface area contributed by atoms with Crippen LogP contribution in [0.2, 0.25) is 0 Å². The van der Waals surface area contributed by atoms with Gasteiger partial charge in [0.15, 0.2) is 0 Å². The van der Waals surface area contributed by atoms with E-state index < -0.39 is 0 Å². The molecule has 0 bridgehead atoms. The lowest BCUT2D eigenvalue weighted by atomic mass is 10.3. The van der Waals surface area contributed by atoms with Gasteiger partial charge in [-0.15, -0.1) is 0 Å². The highest BCUT2D eigenvalue weighted by atomic mass is 16.5. The van der Waals surface area contributed by atoms with Gasteiger partial charge in [0.05, 0.1) is 0 Å². The smallest absolute Gasteiger partial charge is 0.125 e. The van der Waals surface area contributed by atoms with Gasteiger partial charge >= 0.3 is 0 Å². The second-order valence-electron chi connectivity index (χ2n) is 2.59. The maximum absolute atomic E-state index is 5.47. The molecule has 0 aliphatic heterocycles. The molecule has 66 valence electrons. The Labute approximate surface area is 72.8 Å². The van der Waals surface area contributed by atoms with Gasteiger partial charge in [-0.25, -0.2) is 0 Å². The molecule has 0 radical (unpaired) electrons. The van der Waals surface area contributed by atoms with Crippen molar-refractivity contribution >= 4 is 0 Å². The molecular weight excluding hydrogens is 152 g/mol. The molecule has 0 amide bonds. The summed E-state index contributed by atoms with van der Waals surface area (Å²) in [5.41, 5.74) is 1.08. The SMILES string of the molecule is CNCCOc1ccncc1C. The zero-order valence-electron chi connectivity index (χ0n) is 7.50. The van der Waals surface area contributed by atoms with Crippen molar-refractivity contribution in [1.29, 1.82) is 0 Å². The van der Waals surface area contributed by atoms with Crippen LogP contribution in [0.3, 0.4) is 0 Å². The van der Waals surface area contributed by atoms with Crippen molar-refractivity contribution in [3.63, 3.8) is 0 Å². The molecule has 3 nitrogen and oxygen atoms in total. The number of nitrogens with zero attached hydrogens (tertiary/aromatic N) is 1. The minimum absolute atomic E-state index is 0.696.